The zero-order valence-corrected chi connectivity index (χ0v) is 3.94. The average molecular weight is 89.1 g/mol. The van der Waals surface area contributed by atoms with Crippen molar-refractivity contribution in [3.05, 3.63) is 23.8 Å². The summed E-state index contributed by atoms with van der Waals surface area (Å²) in [5.74, 6) is 2.51. The monoisotopic (exact) mass is 89.0 g/mol. The summed E-state index contributed by atoms with van der Waals surface area (Å²) in [6, 6.07) is 0. The Kier molecular flexibility index (Phi) is 0.997. The molecule has 1 aliphatic rings. The maximum absolute atomic E-state index is 5.04. The SMILES string of the molecule is C#CC1=CC[C]=C1. The normalized spacial score (nSPS) is 16.1. The van der Waals surface area contributed by atoms with Gasteiger partial charge in [-0.1, -0.05) is 12.0 Å². The summed E-state index contributed by atoms with van der Waals surface area (Å²) in [7, 11) is 0. The molecule has 0 bridgehead atoms. The van der Waals surface area contributed by atoms with Crippen molar-refractivity contribution in [3.63, 3.8) is 0 Å². The van der Waals surface area contributed by atoms with Crippen molar-refractivity contribution in [2.45, 2.75) is 6.42 Å². The number of rotatable bonds is 0. The van der Waals surface area contributed by atoms with Crippen LogP contribution in [0.2, 0.25) is 0 Å². The molecule has 0 aromatic rings. The van der Waals surface area contributed by atoms with Crippen molar-refractivity contribution in [2.24, 2.45) is 0 Å². The van der Waals surface area contributed by atoms with Gasteiger partial charge in [-0.05, 0) is 18.6 Å². The first-order chi connectivity index (χ1) is 3.43. The second-order valence-corrected chi connectivity index (χ2v) is 1.36. The number of allylic oxidation sites excluding steroid dienone is 4. The van der Waals surface area contributed by atoms with Crippen LogP contribution in [0.1, 0.15) is 6.42 Å². The van der Waals surface area contributed by atoms with E-state index in [2.05, 4.69) is 12.0 Å². The van der Waals surface area contributed by atoms with E-state index in [1.165, 1.54) is 0 Å². The van der Waals surface area contributed by atoms with Crippen LogP contribution in [-0.4, -0.2) is 0 Å². The Hall–Kier alpha value is -0.960. The molecule has 0 aromatic carbocycles. The van der Waals surface area contributed by atoms with Gasteiger partial charge in [-0.2, -0.15) is 0 Å². The van der Waals surface area contributed by atoms with Gasteiger partial charge in [-0.25, -0.2) is 0 Å². The third-order valence-corrected chi connectivity index (χ3v) is 0.864. The molecular formula is C7H5. The zero-order chi connectivity index (χ0) is 5.11. The van der Waals surface area contributed by atoms with Crippen LogP contribution in [0.3, 0.4) is 0 Å². The van der Waals surface area contributed by atoms with E-state index in [4.69, 9.17) is 6.42 Å². The van der Waals surface area contributed by atoms with Crippen LogP contribution in [0.15, 0.2) is 17.7 Å². The van der Waals surface area contributed by atoms with Crippen LogP contribution in [0.5, 0.6) is 0 Å². The largest absolute Gasteiger partial charge is 0.115 e. The molecule has 0 amide bonds. The molecule has 0 aliphatic heterocycles. The topological polar surface area (TPSA) is 0 Å². The van der Waals surface area contributed by atoms with Gasteiger partial charge in [0.2, 0.25) is 0 Å². The van der Waals surface area contributed by atoms with Crippen molar-refractivity contribution >= 4 is 0 Å². The van der Waals surface area contributed by atoms with E-state index in [-0.39, 0.29) is 0 Å². The lowest BCUT2D eigenvalue weighted by molar-refractivity contribution is 1.39. The van der Waals surface area contributed by atoms with Crippen molar-refractivity contribution in [3.8, 4) is 12.3 Å². The van der Waals surface area contributed by atoms with Gasteiger partial charge < -0.3 is 0 Å². The van der Waals surface area contributed by atoms with Crippen molar-refractivity contribution < 1.29 is 0 Å². The molecule has 7 heavy (non-hydrogen) atoms. The Morgan fingerprint density at radius 2 is 2.71 bits per heavy atom. The molecule has 0 heterocycles. The Bertz CT molecular complexity index is 153. The maximum atomic E-state index is 5.04. The predicted octanol–water partition coefficient (Wildman–Crippen LogP) is 1.31. The van der Waals surface area contributed by atoms with E-state index in [9.17, 15) is 0 Å². The highest BCUT2D eigenvalue weighted by atomic mass is 13.9. The fourth-order valence-electron chi connectivity index (χ4n) is 0.497. The highest BCUT2D eigenvalue weighted by Crippen LogP contribution is 2.04. The molecule has 0 spiro atoms. The van der Waals surface area contributed by atoms with Crippen molar-refractivity contribution in [1.29, 1.82) is 0 Å². The highest BCUT2D eigenvalue weighted by Gasteiger charge is 1.88. The summed E-state index contributed by atoms with van der Waals surface area (Å²) >= 11 is 0. The molecule has 0 atom stereocenters. The van der Waals surface area contributed by atoms with Crippen LogP contribution in [-0.2, 0) is 0 Å². The van der Waals surface area contributed by atoms with Gasteiger partial charge in [0.1, 0.15) is 0 Å². The van der Waals surface area contributed by atoms with E-state index >= 15 is 0 Å². The van der Waals surface area contributed by atoms with Crippen LogP contribution < -0.4 is 0 Å². The van der Waals surface area contributed by atoms with Crippen molar-refractivity contribution in [1.82, 2.24) is 0 Å². The minimum atomic E-state index is 0.888. The molecule has 0 N–H and O–H groups in total. The van der Waals surface area contributed by atoms with Gasteiger partial charge in [0.05, 0.1) is 0 Å². The second kappa shape index (κ2) is 1.66. The molecule has 0 heteroatoms. The van der Waals surface area contributed by atoms with E-state index in [1.807, 2.05) is 12.2 Å². The molecule has 0 saturated carbocycles. The summed E-state index contributed by atoms with van der Waals surface area (Å²) in [5.41, 5.74) is 0.958. The Morgan fingerprint density at radius 3 is 3.00 bits per heavy atom. The fraction of sp³-hybridized carbons (Fsp3) is 0.143. The summed E-state index contributed by atoms with van der Waals surface area (Å²) in [4.78, 5) is 0. The molecule has 0 fully saturated rings. The van der Waals surface area contributed by atoms with Gasteiger partial charge in [0.15, 0.2) is 0 Å². The van der Waals surface area contributed by atoms with Crippen molar-refractivity contribution in [2.75, 3.05) is 0 Å². The maximum Gasteiger partial charge on any atom is 0.0208 e. The van der Waals surface area contributed by atoms with Gasteiger partial charge in [0.25, 0.3) is 0 Å². The zero-order valence-electron chi connectivity index (χ0n) is 3.94. The lowest BCUT2D eigenvalue weighted by Gasteiger charge is -1.73. The van der Waals surface area contributed by atoms with Crippen LogP contribution >= 0.6 is 0 Å². The van der Waals surface area contributed by atoms with E-state index in [0.717, 1.165) is 12.0 Å². The van der Waals surface area contributed by atoms with Gasteiger partial charge in [-0.15, -0.1) is 6.42 Å². The molecule has 0 nitrogen and oxygen atoms in total. The van der Waals surface area contributed by atoms with E-state index in [0.29, 0.717) is 0 Å². The minimum Gasteiger partial charge on any atom is -0.115 e. The van der Waals surface area contributed by atoms with Gasteiger partial charge >= 0.3 is 0 Å². The first kappa shape index (κ1) is 4.21. The van der Waals surface area contributed by atoms with Gasteiger partial charge in [-0.3, -0.25) is 0 Å². The number of hydrogen-bond acceptors (Lipinski definition) is 0. The smallest absolute Gasteiger partial charge is 0.0208 e. The third-order valence-electron chi connectivity index (χ3n) is 0.864. The quantitative estimate of drug-likeness (QED) is 0.392. The van der Waals surface area contributed by atoms with Gasteiger partial charge in [0, 0.05) is 5.57 Å². The van der Waals surface area contributed by atoms with Crippen LogP contribution in [0.25, 0.3) is 0 Å². The Labute approximate surface area is 43.5 Å². The highest BCUT2D eigenvalue weighted by molar-refractivity contribution is 5.38. The molecule has 1 aliphatic carbocycles. The van der Waals surface area contributed by atoms with E-state index in [1.54, 1.807) is 0 Å². The average Bonchev–Trinajstić information content (AvgIpc) is 2.14. The molecule has 33 valence electrons. The Balaban J connectivity index is 2.75. The second-order valence-electron chi connectivity index (χ2n) is 1.36. The molecular weight excluding hydrogens is 84.1 g/mol. The summed E-state index contributed by atoms with van der Waals surface area (Å²) < 4.78 is 0. The summed E-state index contributed by atoms with van der Waals surface area (Å²) in [5, 5.41) is 0. The van der Waals surface area contributed by atoms with Crippen LogP contribution in [0, 0.1) is 18.4 Å². The fourth-order valence-corrected chi connectivity index (χ4v) is 0.497. The van der Waals surface area contributed by atoms with E-state index < -0.39 is 0 Å². The number of terminal acetylenes is 1. The third kappa shape index (κ3) is 0.721. The molecule has 0 unspecified atom stereocenters. The predicted molar refractivity (Wildman–Crippen MR) is 29.3 cm³/mol. The first-order valence-corrected chi connectivity index (χ1v) is 2.17. The molecule has 1 rings (SSSR count). The molecule has 0 saturated heterocycles. The Morgan fingerprint density at radius 1 is 1.86 bits per heavy atom. The lowest BCUT2D eigenvalue weighted by atomic mass is 10.3. The minimum absolute atomic E-state index is 0.888. The summed E-state index contributed by atoms with van der Waals surface area (Å²) in [6.07, 6.45) is 12.7. The summed E-state index contributed by atoms with van der Waals surface area (Å²) in [6.45, 7) is 0. The molecule has 1 radical (unpaired) electrons. The first-order valence-electron chi connectivity index (χ1n) is 2.17. The van der Waals surface area contributed by atoms with Crippen LogP contribution in [0.4, 0.5) is 0 Å². The standard InChI is InChI=1S/C7H5/c1-2-7-5-3-4-6-7/h1,5-6H,3H2. The number of hydrogen-bond donors (Lipinski definition) is 0. The molecule has 0 aromatic heterocycles. The lowest BCUT2D eigenvalue weighted by Crippen LogP contribution is -1.58.